The average molecular weight is 434 g/mol. The molecule has 162 valence electrons. The second-order valence-corrected chi connectivity index (χ2v) is 7.11. The Morgan fingerprint density at radius 3 is 2.12 bits per heavy atom. The summed E-state index contributed by atoms with van der Waals surface area (Å²) in [6, 6.07) is 19.1. The second kappa shape index (κ2) is 9.01. The van der Waals surface area contributed by atoms with Crippen LogP contribution in [0.25, 0.3) is 0 Å². The van der Waals surface area contributed by atoms with Crippen LogP contribution in [0.2, 0.25) is 0 Å². The molecule has 32 heavy (non-hydrogen) atoms. The summed E-state index contributed by atoms with van der Waals surface area (Å²) in [6.07, 6.45) is 0. The van der Waals surface area contributed by atoms with Gasteiger partial charge in [-0.15, -0.1) is 0 Å². The van der Waals surface area contributed by atoms with Gasteiger partial charge in [0.25, 0.3) is 5.91 Å². The summed E-state index contributed by atoms with van der Waals surface area (Å²) in [5.41, 5.74) is 1.68. The van der Waals surface area contributed by atoms with Crippen molar-refractivity contribution in [2.24, 2.45) is 0 Å². The first-order chi connectivity index (χ1) is 15.5. The molecule has 0 saturated heterocycles. The highest BCUT2D eigenvalue weighted by Crippen LogP contribution is 2.42. The molecule has 3 aromatic rings. The number of carbonyl (C=O) groups excluding carboxylic acids is 2. The minimum atomic E-state index is -0.795. The molecule has 5 nitrogen and oxygen atoms in total. The fourth-order valence-corrected chi connectivity index (χ4v) is 3.66. The number of ether oxygens (including phenoxy) is 1. The van der Waals surface area contributed by atoms with Gasteiger partial charge in [-0.05, 0) is 61.0 Å². The topological polar surface area (TPSA) is 58.6 Å². The molecule has 0 aliphatic carbocycles. The third-order valence-electron chi connectivity index (χ3n) is 5.06. The van der Waals surface area contributed by atoms with Crippen molar-refractivity contribution in [3.05, 3.63) is 107 Å². The molecule has 1 atom stereocenters. The van der Waals surface area contributed by atoms with Gasteiger partial charge in [-0.3, -0.25) is 9.69 Å². The highest BCUT2D eigenvalue weighted by molar-refractivity contribution is 6.17. The molecule has 0 bridgehead atoms. The lowest BCUT2D eigenvalue weighted by molar-refractivity contribution is -0.138. The Morgan fingerprint density at radius 2 is 1.53 bits per heavy atom. The Labute approximate surface area is 183 Å². The van der Waals surface area contributed by atoms with Crippen molar-refractivity contribution in [3.63, 3.8) is 0 Å². The summed E-state index contributed by atoms with van der Waals surface area (Å²) in [5, 5.41) is 2.96. The lowest BCUT2D eigenvalue weighted by Gasteiger charge is -2.27. The van der Waals surface area contributed by atoms with Gasteiger partial charge in [0.2, 0.25) is 0 Å². The number of hydrogen-bond donors (Lipinski definition) is 1. The van der Waals surface area contributed by atoms with Gasteiger partial charge >= 0.3 is 5.97 Å². The normalized spacial score (nSPS) is 15.8. The van der Waals surface area contributed by atoms with Crippen LogP contribution in [0.5, 0.6) is 0 Å². The molecule has 0 aromatic heterocycles. The summed E-state index contributed by atoms with van der Waals surface area (Å²) in [7, 11) is 0. The second-order valence-electron chi connectivity index (χ2n) is 7.11. The van der Waals surface area contributed by atoms with Crippen LogP contribution in [0.15, 0.2) is 90.1 Å². The number of carbonyl (C=O) groups is 2. The fraction of sp³-hybridized carbons (Fsp3) is 0.120. The lowest BCUT2D eigenvalue weighted by Crippen LogP contribution is -2.31. The predicted molar refractivity (Wildman–Crippen MR) is 117 cm³/mol. The number of nitrogens with one attached hydrogen (secondary N) is 1. The van der Waals surface area contributed by atoms with Gasteiger partial charge in [0.1, 0.15) is 17.3 Å². The van der Waals surface area contributed by atoms with Gasteiger partial charge in [0, 0.05) is 11.4 Å². The molecule has 0 fully saturated rings. The van der Waals surface area contributed by atoms with Crippen molar-refractivity contribution in [2.75, 3.05) is 16.8 Å². The highest BCUT2D eigenvalue weighted by Gasteiger charge is 2.45. The van der Waals surface area contributed by atoms with Gasteiger partial charge in [0.05, 0.1) is 18.2 Å². The molecule has 1 aliphatic heterocycles. The molecular formula is C25H20F2N2O3. The summed E-state index contributed by atoms with van der Waals surface area (Å²) < 4.78 is 32.2. The smallest absolute Gasteiger partial charge is 0.338 e. The number of rotatable bonds is 6. The first kappa shape index (κ1) is 21.2. The van der Waals surface area contributed by atoms with E-state index < -0.39 is 29.6 Å². The van der Waals surface area contributed by atoms with Gasteiger partial charge in [-0.2, -0.15) is 0 Å². The number of benzene rings is 3. The van der Waals surface area contributed by atoms with Crippen LogP contribution in [-0.4, -0.2) is 18.5 Å². The zero-order chi connectivity index (χ0) is 22.7. The Hall–Kier alpha value is -4.00. The van der Waals surface area contributed by atoms with Crippen molar-refractivity contribution in [2.45, 2.75) is 13.0 Å². The Kier molecular flexibility index (Phi) is 5.98. The molecule has 1 aliphatic rings. The summed E-state index contributed by atoms with van der Waals surface area (Å²) in [5.74, 6) is -2.01. The van der Waals surface area contributed by atoms with E-state index in [4.69, 9.17) is 4.74 Å². The van der Waals surface area contributed by atoms with Crippen molar-refractivity contribution in [1.29, 1.82) is 0 Å². The first-order valence-electron chi connectivity index (χ1n) is 10.1. The molecule has 0 spiro atoms. The summed E-state index contributed by atoms with van der Waals surface area (Å²) in [6.45, 7) is 1.80. The molecule has 1 N–H and O–H groups in total. The standard InChI is InChI=1S/C25H20F2N2O3/c1-2-32-25(31)21-22(28-19-12-8-17(26)9-13-19)24(30)29(20-14-10-18(27)11-15-20)23(21)16-6-4-3-5-7-16/h3-15,23,28H,2H2,1H3. The lowest BCUT2D eigenvalue weighted by atomic mass is 9.98. The molecule has 7 heteroatoms. The molecule has 3 aromatic carbocycles. The minimum Gasteiger partial charge on any atom is -0.463 e. The first-order valence-corrected chi connectivity index (χ1v) is 10.1. The van der Waals surface area contributed by atoms with E-state index in [0.29, 0.717) is 16.9 Å². The quantitative estimate of drug-likeness (QED) is 0.556. The van der Waals surface area contributed by atoms with Crippen molar-refractivity contribution >= 4 is 23.3 Å². The minimum absolute atomic E-state index is 0.0215. The zero-order valence-electron chi connectivity index (χ0n) is 17.2. The maximum absolute atomic E-state index is 13.6. The maximum Gasteiger partial charge on any atom is 0.338 e. The molecular weight excluding hydrogens is 414 g/mol. The third kappa shape index (κ3) is 4.09. The number of esters is 1. The maximum atomic E-state index is 13.6. The fourth-order valence-electron chi connectivity index (χ4n) is 3.66. The number of nitrogens with zero attached hydrogens (tertiary/aromatic N) is 1. The van der Waals surface area contributed by atoms with Crippen molar-refractivity contribution < 1.29 is 23.1 Å². The molecule has 4 rings (SSSR count). The number of amides is 1. The molecule has 1 amide bonds. The van der Waals surface area contributed by atoms with Gasteiger partial charge < -0.3 is 10.1 Å². The largest absolute Gasteiger partial charge is 0.463 e. The Morgan fingerprint density at radius 1 is 0.938 bits per heavy atom. The van der Waals surface area contributed by atoms with E-state index >= 15 is 0 Å². The average Bonchev–Trinajstić information content (AvgIpc) is 3.09. The molecule has 1 unspecified atom stereocenters. The van der Waals surface area contributed by atoms with Crippen LogP contribution in [0.1, 0.15) is 18.5 Å². The Bertz CT molecular complexity index is 1160. The monoisotopic (exact) mass is 434 g/mol. The SMILES string of the molecule is CCOC(=O)C1=C(Nc2ccc(F)cc2)C(=O)N(c2ccc(F)cc2)C1c1ccccc1. The summed E-state index contributed by atoms with van der Waals surface area (Å²) in [4.78, 5) is 28.1. The predicted octanol–water partition coefficient (Wildman–Crippen LogP) is 4.98. The van der Waals surface area contributed by atoms with Crippen molar-refractivity contribution in [1.82, 2.24) is 0 Å². The van der Waals surface area contributed by atoms with Crippen LogP contribution < -0.4 is 10.2 Å². The highest BCUT2D eigenvalue weighted by atomic mass is 19.1. The molecule has 0 saturated carbocycles. The van der Waals surface area contributed by atoms with E-state index in [1.165, 1.54) is 53.4 Å². The van der Waals surface area contributed by atoms with E-state index in [2.05, 4.69) is 5.32 Å². The summed E-state index contributed by atoms with van der Waals surface area (Å²) >= 11 is 0. The van der Waals surface area contributed by atoms with E-state index in [1.54, 1.807) is 31.2 Å². The Balaban J connectivity index is 1.88. The van der Waals surface area contributed by atoms with E-state index in [-0.39, 0.29) is 17.9 Å². The molecule has 1 heterocycles. The van der Waals surface area contributed by atoms with Crippen LogP contribution in [-0.2, 0) is 14.3 Å². The zero-order valence-corrected chi connectivity index (χ0v) is 17.2. The third-order valence-corrected chi connectivity index (χ3v) is 5.06. The van der Waals surface area contributed by atoms with Gasteiger partial charge in [0.15, 0.2) is 0 Å². The van der Waals surface area contributed by atoms with Crippen LogP contribution in [0.3, 0.4) is 0 Å². The van der Waals surface area contributed by atoms with Crippen LogP contribution >= 0.6 is 0 Å². The number of halogens is 2. The van der Waals surface area contributed by atoms with Gasteiger partial charge in [-0.1, -0.05) is 30.3 Å². The van der Waals surface area contributed by atoms with E-state index in [9.17, 15) is 18.4 Å². The van der Waals surface area contributed by atoms with Crippen LogP contribution in [0, 0.1) is 11.6 Å². The van der Waals surface area contributed by atoms with Crippen LogP contribution in [0.4, 0.5) is 20.2 Å². The van der Waals surface area contributed by atoms with E-state index in [0.717, 1.165) is 0 Å². The molecule has 0 radical (unpaired) electrons. The number of anilines is 2. The van der Waals surface area contributed by atoms with Crippen molar-refractivity contribution in [3.8, 4) is 0 Å². The van der Waals surface area contributed by atoms with E-state index in [1.807, 2.05) is 6.07 Å². The number of hydrogen-bond acceptors (Lipinski definition) is 4. The van der Waals surface area contributed by atoms with Gasteiger partial charge in [-0.25, -0.2) is 13.6 Å².